The molecule has 0 unspecified atom stereocenters. The minimum atomic E-state index is -4.63. The van der Waals surface area contributed by atoms with Crippen LogP contribution in [0.1, 0.15) is 52.3 Å². The Morgan fingerprint density at radius 1 is 1.16 bits per heavy atom. The van der Waals surface area contributed by atoms with Crippen LogP contribution in [0.25, 0.3) is 0 Å². The Labute approximate surface area is 144 Å². The van der Waals surface area contributed by atoms with Gasteiger partial charge in [-0.15, -0.1) is 0 Å². The minimum absolute atomic E-state index is 0.0722. The first kappa shape index (κ1) is 20.0. The minimum Gasteiger partial charge on any atom is -0.335 e. The third kappa shape index (κ3) is 5.30. The van der Waals surface area contributed by atoms with E-state index in [4.69, 9.17) is 0 Å². The van der Waals surface area contributed by atoms with Gasteiger partial charge in [0.15, 0.2) is 0 Å². The standard InChI is InChI=1S/C14H23F3N4O3S/c1-13(2,3)25(22,23)18-8-9-4-6-10(7-5-9)19-12-20-11(21-24-12)14(15,16)17/h9-10,18H,4-8H2,1-3H3,(H,19,20,21)/t9-,10-. The number of nitrogens with one attached hydrogen (secondary N) is 2. The molecule has 0 radical (unpaired) electrons. The fourth-order valence-electron chi connectivity index (χ4n) is 2.53. The second-order valence-electron chi connectivity index (χ2n) is 7.25. The molecule has 2 rings (SSSR count). The van der Waals surface area contributed by atoms with Crippen molar-refractivity contribution in [2.75, 3.05) is 11.9 Å². The second-order valence-corrected chi connectivity index (χ2v) is 9.77. The average molecular weight is 384 g/mol. The highest BCUT2D eigenvalue weighted by Crippen LogP contribution is 2.29. The summed E-state index contributed by atoms with van der Waals surface area (Å²) in [5.41, 5.74) is 0. The van der Waals surface area contributed by atoms with Crippen molar-refractivity contribution in [1.82, 2.24) is 14.9 Å². The molecule has 7 nitrogen and oxygen atoms in total. The van der Waals surface area contributed by atoms with E-state index < -0.39 is 26.8 Å². The Morgan fingerprint density at radius 2 is 1.76 bits per heavy atom. The summed E-state index contributed by atoms with van der Waals surface area (Å²) in [6, 6.07) is -0.318. The molecule has 1 heterocycles. The van der Waals surface area contributed by atoms with Gasteiger partial charge in [-0.05, 0) is 57.5 Å². The van der Waals surface area contributed by atoms with Gasteiger partial charge in [0.05, 0.1) is 4.75 Å². The van der Waals surface area contributed by atoms with Gasteiger partial charge in [0, 0.05) is 12.6 Å². The monoisotopic (exact) mass is 384 g/mol. The lowest BCUT2D eigenvalue weighted by molar-refractivity contribution is -0.146. The van der Waals surface area contributed by atoms with Crippen LogP contribution in [-0.4, -0.2) is 35.9 Å². The van der Waals surface area contributed by atoms with Gasteiger partial charge in [0.2, 0.25) is 10.0 Å². The number of nitrogens with zero attached hydrogens (tertiary/aromatic N) is 2. The van der Waals surface area contributed by atoms with Crippen molar-refractivity contribution < 1.29 is 26.1 Å². The molecule has 0 saturated heterocycles. The van der Waals surface area contributed by atoms with Crippen LogP contribution in [-0.2, 0) is 16.2 Å². The quantitative estimate of drug-likeness (QED) is 0.810. The second kappa shape index (κ2) is 7.10. The molecule has 1 aromatic rings. The number of hydrogen-bond acceptors (Lipinski definition) is 6. The summed E-state index contributed by atoms with van der Waals surface area (Å²) in [6.07, 6.45) is -1.75. The molecule has 1 aliphatic rings. The van der Waals surface area contributed by atoms with Gasteiger partial charge < -0.3 is 9.84 Å². The predicted molar refractivity (Wildman–Crippen MR) is 85.3 cm³/mol. The highest BCUT2D eigenvalue weighted by atomic mass is 32.2. The Hall–Kier alpha value is -1.36. The van der Waals surface area contributed by atoms with Gasteiger partial charge in [-0.25, -0.2) is 13.1 Å². The number of rotatable bonds is 5. The smallest absolute Gasteiger partial charge is 0.335 e. The number of sulfonamides is 1. The molecule has 11 heteroatoms. The molecule has 144 valence electrons. The Morgan fingerprint density at radius 3 is 2.24 bits per heavy atom. The maximum Gasteiger partial charge on any atom is 0.455 e. The lowest BCUT2D eigenvalue weighted by Gasteiger charge is -2.29. The van der Waals surface area contributed by atoms with Crippen LogP contribution in [0.3, 0.4) is 0 Å². The van der Waals surface area contributed by atoms with E-state index in [1.54, 1.807) is 20.8 Å². The van der Waals surface area contributed by atoms with Gasteiger partial charge in [0.25, 0.3) is 5.82 Å². The van der Waals surface area contributed by atoms with Crippen LogP contribution in [0.15, 0.2) is 4.52 Å². The van der Waals surface area contributed by atoms with Crippen LogP contribution in [0.5, 0.6) is 0 Å². The Balaban J connectivity index is 1.79. The van der Waals surface area contributed by atoms with Gasteiger partial charge in [-0.1, -0.05) is 0 Å². The van der Waals surface area contributed by atoms with E-state index in [0.29, 0.717) is 19.4 Å². The van der Waals surface area contributed by atoms with Crippen molar-refractivity contribution in [3.8, 4) is 0 Å². The molecule has 0 spiro atoms. The van der Waals surface area contributed by atoms with Crippen LogP contribution >= 0.6 is 0 Å². The number of alkyl halides is 3. The number of halogens is 3. The molecule has 0 aliphatic heterocycles. The third-order valence-corrected chi connectivity index (χ3v) is 6.38. The van der Waals surface area contributed by atoms with E-state index in [0.717, 1.165) is 12.8 Å². The number of anilines is 1. The lowest BCUT2D eigenvalue weighted by atomic mass is 9.86. The highest BCUT2D eigenvalue weighted by Gasteiger charge is 2.37. The van der Waals surface area contributed by atoms with Gasteiger partial charge in [0.1, 0.15) is 0 Å². The summed E-state index contributed by atoms with van der Waals surface area (Å²) in [5, 5.41) is 5.71. The fraction of sp³-hybridized carbons (Fsp3) is 0.857. The van der Waals surface area contributed by atoms with Crippen molar-refractivity contribution >= 4 is 16.0 Å². The van der Waals surface area contributed by atoms with Crippen LogP contribution in [0.2, 0.25) is 0 Å². The van der Waals surface area contributed by atoms with E-state index in [2.05, 4.69) is 24.7 Å². The maximum absolute atomic E-state index is 12.4. The van der Waals surface area contributed by atoms with Crippen molar-refractivity contribution in [3.05, 3.63) is 5.82 Å². The molecule has 0 amide bonds. The summed E-state index contributed by atoms with van der Waals surface area (Å²) in [6.45, 7) is 5.27. The van der Waals surface area contributed by atoms with Crippen LogP contribution in [0, 0.1) is 5.92 Å². The molecule has 0 bridgehead atoms. The zero-order valence-electron chi connectivity index (χ0n) is 14.4. The molecule has 1 aromatic heterocycles. The maximum atomic E-state index is 12.4. The van der Waals surface area contributed by atoms with Gasteiger partial charge in [-0.3, -0.25) is 0 Å². The van der Waals surface area contributed by atoms with Gasteiger partial charge in [-0.2, -0.15) is 18.2 Å². The zero-order chi connectivity index (χ0) is 18.9. The molecule has 0 aromatic carbocycles. The molecule has 1 fully saturated rings. The Kier molecular flexibility index (Phi) is 5.67. The van der Waals surface area contributed by atoms with E-state index in [-0.39, 0.29) is 18.0 Å². The van der Waals surface area contributed by atoms with Crippen molar-refractivity contribution in [2.24, 2.45) is 5.92 Å². The molecule has 25 heavy (non-hydrogen) atoms. The summed E-state index contributed by atoms with van der Waals surface area (Å²) >= 11 is 0. The fourth-order valence-corrected chi connectivity index (χ4v) is 3.41. The summed E-state index contributed by atoms with van der Waals surface area (Å²) in [5.74, 6) is -1.11. The molecule has 1 aliphatic carbocycles. The van der Waals surface area contributed by atoms with Crippen molar-refractivity contribution in [3.63, 3.8) is 0 Å². The molecule has 2 N–H and O–H groups in total. The van der Waals surface area contributed by atoms with E-state index >= 15 is 0 Å². The number of aromatic nitrogens is 2. The van der Waals surface area contributed by atoms with Crippen LogP contribution in [0.4, 0.5) is 19.2 Å². The SMILES string of the molecule is CC(C)(C)S(=O)(=O)NC[C@H]1CC[C@H](Nc2nc(C(F)(F)F)no2)CC1. The highest BCUT2D eigenvalue weighted by molar-refractivity contribution is 7.90. The lowest BCUT2D eigenvalue weighted by Crippen LogP contribution is -2.42. The topological polar surface area (TPSA) is 97.1 Å². The van der Waals surface area contributed by atoms with E-state index in [1.165, 1.54) is 0 Å². The molecule has 1 saturated carbocycles. The van der Waals surface area contributed by atoms with Crippen molar-refractivity contribution in [2.45, 2.75) is 63.4 Å². The summed E-state index contributed by atoms with van der Waals surface area (Å²) < 4.78 is 67.7. The average Bonchev–Trinajstić information content (AvgIpc) is 2.94. The predicted octanol–water partition coefficient (Wildman–Crippen LogP) is 2.78. The molecular weight excluding hydrogens is 361 g/mol. The largest absolute Gasteiger partial charge is 0.455 e. The van der Waals surface area contributed by atoms with Crippen molar-refractivity contribution in [1.29, 1.82) is 0 Å². The number of hydrogen-bond donors (Lipinski definition) is 2. The summed E-state index contributed by atoms with van der Waals surface area (Å²) in [4.78, 5) is 3.28. The van der Waals surface area contributed by atoms with Gasteiger partial charge >= 0.3 is 12.2 Å². The molecular formula is C14H23F3N4O3S. The first-order valence-corrected chi connectivity index (χ1v) is 9.53. The van der Waals surface area contributed by atoms with E-state index in [1.807, 2.05) is 0 Å². The van der Waals surface area contributed by atoms with Crippen LogP contribution < -0.4 is 10.0 Å². The normalized spacial score (nSPS) is 22.8. The first-order valence-electron chi connectivity index (χ1n) is 8.05. The zero-order valence-corrected chi connectivity index (χ0v) is 15.2. The summed E-state index contributed by atoms with van der Waals surface area (Å²) in [7, 11) is -3.38. The molecule has 0 atom stereocenters. The third-order valence-electron chi connectivity index (χ3n) is 4.22. The Bertz CT molecular complexity index is 674. The first-order chi connectivity index (χ1) is 11.4. The van der Waals surface area contributed by atoms with E-state index in [9.17, 15) is 21.6 Å².